The third-order valence-corrected chi connectivity index (χ3v) is 4.09. The molecule has 1 aromatic carbocycles. The number of anilines is 1. The first-order chi connectivity index (χ1) is 9.75. The predicted molar refractivity (Wildman–Crippen MR) is 77.1 cm³/mol. The molecule has 0 fully saturated rings. The number of carbonyl (C=O) groups is 2. The third-order valence-electron chi connectivity index (χ3n) is 3.24. The Morgan fingerprint density at radius 1 is 1.20 bits per heavy atom. The molecule has 1 aromatic heterocycles. The van der Waals surface area contributed by atoms with E-state index >= 15 is 0 Å². The molecule has 1 aliphatic heterocycles. The average molecular weight is 287 g/mol. The van der Waals surface area contributed by atoms with Crippen molar-refractivity contribution in [3.05, 3.63) is 52.2 Å². The lowest BCUT2D eigenvalue weighted by Crippen LogP contribution is -2.33. The number of thiophene rings is 1. The Bertz CT molecular complexity index is 636. The Kier molecular flexibility index (Phi) is 3.52. The molecule has 0 unspecified atom stereocenters. The van der Waals surface area contributed by atoms with Crippen molar-refractivity contribution >= 4 is 28.9 Å². The van der Waals surface area contributed by atoms with Gasteiger partial charge in [-0.1, -0.05) is 24.3 Å². The molecular formula is C15H13NO3S. The maximum Gasteiger partial charge on any atom is 0.348 e. The van der Waals surface area contributed by atoms with Crippen molar-refractivity contribution in [3.8, 4) is 0 Å². The maximum absolute atomic E-state index is 12.1. The molecule has 1 aliphatic rings. The number of para-hydroxylation sites is 1. The Hall–Kier alpha value is -2.14. The van der Waals surface area contributed by atoms with Gasteiger partial charge in [0.1, 0.15) is 4.88 Å². The van der Waals surface area contributed by atoms with Crippen LogP contribution in [0.3, 0.4) is 0 Å². The van der Waals surface area contributed by atoms with Crippen molar-refractivity contribution < 1.29 is 14.3 Å². The fourth-order valence-corrected chi connectivity index (χ4v) is 2.88. The molecule has 0 bridgehead atoms. The normalized spacial score (nSPS) is 13.1. The highest BCUT2D eigenvalue weighted by molar-refractivity contribution is 7.11. The van der Waals surface area contributed by atoms with Crippen molar-refractivity contribution in [2.45, 2.75) is 6.42 Å². The van der Waals surface area contributed by atoms with Gasteiger partial charge in [-0.2, -0.15) is 0 Å². The van der Waals surface area contributed by atoms with E-state index in [0.717, 1.165) is 17.7 Å². The molecule has 0 saturated carbocycles. The number of benzene rings is 1. The molecular weight excluding hydrogens is 274 g/mol. The number of amides is 1. The Morgan fingerprint density at radius 2 is 2.05 bits per heavy atom. The van der Waals surface area contributed by atoms with E-state index in [1.165, 1.54) is 11.3 Å². The highest BCUT2D eigenvalue weighted by atomic mass is 32.1. The molecule has 0 saturated heterocycles. The molecule has 2 heterocycles. The van der Waals surface area contributed by atoms with Crippen LogP contribution in [0.1, 0.15) is 15.2 Å². The zero-order valence-electron chi connectivity index (χ0n) is 10.7. The second kappa shape index (κ2) is 5.46. The van der Waals surface area contributed by atoms with Gasteiger partial charge >= 0.3 is 5.97 Å². The summed E-state index contributed by atoms with van der Waals surface area (Å²) < 4.78 is 5.06. The summed E-state index contributed by atoms with van der Waals surface area (Å²) in [5.41, 5.74) is 2.08. The number of carbonyl (C=O) groups excluding carboxylic acids is 2. The largest absolute Gasteiger partial charge is 0.451 e. The van der Waals surface area contributed by atoms with Crippen LogP contribution in [0.4, 0.5) is 5.69 Å². The van der Waals surface area contributed by atoms with Gasteiger partial charge in [-0.15, -0.1) is 11.3 Å². The molecule has 102 valence electrons. The minimum Gasteiger partial charge on any atom is -0.451 e. The van der Waals surface area contributed by atoms with Gasteiger partial charge in [0.25, 0.3) is 5.91 Å². The summed E-state index contributed by atoms with van der Waals surface area (Å²) in [5.74, 6) is -0.624. The molecule has 2 aromatic rings. The summed E-state index contributed by atoms with van der Waals surface area (Å²) in [7, 11) is 0. The molecule has 3 rings (SSSR count). The second-order valence-electron chi connectivity index (χ2n) is 4.48. The summed E-state index contributed by atoms with van der Waals surface area (Å²) in [6.07, 6.45) is 0.848. The molecule has 5 heteroatoms. The van der Waals surface area contributed by atoms with Crippen LogP contribution in [-0.4, -0.2) is 25.0 Å². The smallest absolute Gasteiger partial charge is 0.348 e. The van der Waals surface area contributed by atoms with E-state index < -0.39 is 5.97 Å². The number of ether oxygens (including phenoxy) is 1. The topological polar surface area (TPSA) is 46.6 Å². The van der Waals surface area contributed by atoms with E-state index in [1.807, 2.05) is 24.3 Å². The highest BCUT2D eigenvalue weighted by Crippen LogP contribution is 2.27. The number of nitrogens with zero attached hydrogens (tertiary/aromatic N) is 1. The van der Waals surface area contributed by atoms with E-state index in [4.69, 9.17) is 4.74 Å². The number of hydrogen-bond donors (Lipinski definition) is 0. The summed E-state index contributed by atoms with van der Waals surface area (Å²) in [6.45, 7) is 0.430. The lowest BCUT2D eigenvalue weighted by molar-refractivity contribution is -0.121. The van der Waals surface area contributed by atoms with E-state index in [1.54, 1.807) is 22.4 Å². The van der Waals surface area contributed by atoms with Gasteiger partial charge < -0.3 is 9.64 Å². The quantitative estimate of drug-likeness (QED) is 0.815. The zero-order chi connectivity index (χ0) is 13.9. The Morgan fingerprint density at radius 3 is 2.85 bits per heavy atom. The lowest BCUT2D eigenvalue weighted by Gasteiger charge is -2.16. The first-order valence-electron chi connectivity index (χ1n) is 6.34. The van der Waals surface area contributed by atoms with Crippen LogP contribution in [-0.2, 0) is 16.0 Å². The molecule has 20 heavy (non-hydrogen) atoms. The number of esters is 1. The van der Waals surface area contributed by atoms with Crippen molar-refractivity contribution in [2.24, 2.45) is 0 Å². The van der Waals surface area contributed by atoms with Gasteiger partial charge in [0.05, 0.1) is 0 Å². The molecule has 0 aliphatic carbocycles. The van der Waals surface area contributed by atoms with Gasteiger partial charge in [-0.3, -0.25) is 4.79 Å². The van der Waals surface area contributed by atoms with Gasteiger partial charge in [0, 0.05) is 12.2 Å². The summed E-state index contributed by atoms with van der Waals surface area (Å²) >= 11 is 1.30. The summed E-state index contributed by atoms with van der Waals surface area (Å²) in [6, 6.07) is 11.3. The van der Waals surface area contributed by atoms with Crippen molar-refractivity contribution in [3.63, 3.8) is 0 Å². The minimum absolute atomic E-state index is 0.181. The molecule has 0 radical (unpaired) electrons. The zero-order valence-corrected chi connectivity index (χ0v) is 11.6. The van der Waals surface area contributed by atoms with Crippen LogP contribution in [0.15, 0.2) is 41.8 Å². The number of hydrogen-bond acceptors (Lipinski definition) is 4. The summed E-state index contributed by atoms with van der Waals surface area (Å²) in [5, 5.41) is 1.80. The molecule has 0 N–H and O–H groups in total. The van der Waals surface area contributed by atoms with Crippen LogP contribution in [0.5, 0.6) is 0 Å². The van der Waals surface area contributed by atoms with Crippen LogP contribution < -0.4 is 4.90 Å². The van der Waals surface area contributed by atoms with Crippen molar-refractivity contribution in [1.82, 2.24) is 0 Å². The van der Waals surface area contributed by atoms with Gasteiger partial charge in [0.15, 0.2) is 6.61 Å². The molecule has 4 nitrogen and oxygen atoms in total. The Balaban J connectivity index is 1.62. The third kappa shape index (κ3) is 2.44. The van der Waals surface area contributed by atoms with E-state index in [0.29, 0.717) is 11.4 Å². The van der Waals surface area contributed by atoms with E-state index in [9.17, 15) is 9.59 Å². The standard InChI is InChI=1S/C15H13NO3S/c17-14(10-19-15(18)13-6-3-9-20-13)16-8-7-11-4-1-2-5-12(11)16/h1-6,9H,7-8,10H2. The first-order valence-corrected chi connectivity index (χ1v) is 7.22. The van der Waals surface area contributed by atoms with E-state index in [2.05, 4.69) is 0 Å². The van der Waals surface area contributed by atoms with Gasteiger partial charge in [-0.05, 0) is 29.5 Å². The van der Waals surface area contributed by atoms with Crippen LogP contribution in [0.25, 0.3) is 0 Å². The fraction of sp³-hybridized carbons (Fsp3) is 0.200. The Labute approximate surface area is 120 Å². The van der Waals surface area contributed by atoms with Gasteiger partial charge in [0.2, 0.25) is 0 Å². The van der Waals surface area contributed by atoms with Gasteiger partial charge in [-0.25, -0.2) is 4.79 Å². The fourth-order valence-electron chi connectivity index (χ4n) is 2.27. The summed E-state index contributed by atoms with van der Waals surface area (Å²) in [4.78, 5) is 26.0. The molecule has 1 amide bonds. The van der Waals surface area contributed by atoms with Crippen molar-refractivity contribution in [2.75, 3.05) is 18.1 Å². The minimum atomic E-state index is -0.444. The van der Waals surface area contributed by atoms with Crippen LogP contribution in [0, 0.1) is 0 Å². The molecule has 0 atom stereocenters. The highest BCUT2D eigenvalue weighted by Gasteiger charge is 2.25. The number of rotatable bonds is 3. The average Bonchev–Trinajstić information content (AvgIpc) is 3.13. The van der Waals surface area contributed by atoms with E-state index in [-0.39, 0.29) is 12.5 Å². The lowest BCUT2D eigenvalue weighted by atomic mass is 10.2. The molecule has 0 spiro atoms. The predicted octanol–water partition coefficient (Wildman–Crippen LogP) is 2.49. The van der Waals surface area contributed by atoms with Crippen LogP contribution in [0.2, 0.25) is 0 Å². The number of fused-ring (bicyclic) bond motifs is 1. The second-order valence-corrected chi connectivity index (χ2v) is 5.43. The monoisotopic (exact) mass is 287 g/mol. The van der Waals surface area contributed by atoms with Crippen LogP contribution >= 0.6 is 11.3 Å². The van der Waals surface area contributed by atoms with Crippen molar-refractivity contribution in [1.29, 1.82) is 0 Å². The first kappa shape index (κ1) is 12.9. The maximum atomic E-state index is 12.1. The SMILES string of the molecule is O=C(OCC(=O)N1CCc2ccccc21)c1cccs1.